The maximum absolute atomic E-state index is 10.6. The van der Waals surface area contributed by atoms with Crippen molar-refractivity contribution in [3.05, 3.63) is 0 Å². The molecular weight excluding hydrogens is 132 g/mol. The van der Waals surface area contributed by atoms with E-state index in [-0.39, 0.29) is 6.03 Å². The summed E-state index contributed by atoms with van der Waals surface area (Å²) in [5.74, 6) is -0.642. The third kappa shape index (κ3) is 0.995. The molecule has 0 fully saturated rings. The Bertz CT molecular complexity index is 188. The Labute approximate surface area is 59.1 Å². The predicted octanol–water partition coefficient (Wildman–Crippen LogP) is 0.397. The molecule has 1 aliphatic heterocycles. The van der Waals surface area contributed by atoms with Crippen LogP contribution in [0, 0.1) is 0 Å². The number of azo groups is 1. The number of carbonyl (C=O) groups excluding carboxylic acids is 1. The summed E-state index contributed by atoms with van der Waals surface area (Å²) < 4.78 is 0. The van der Waals surface area contributed by atoms with Crippen molar-refractivity contribution in [1.29, 1.82) is 0 Å². The molecule has 0 bridgehead atoms. The molecule has 0 aliphatic carbocycles. The molecule has 5 nitrogen and oxygen atoms in total. The summed E-state index contributed by atoms with van der Waals surface area (Å²) in [6.45, 7) is 1.78. The monoisotopic (exact) mass is 142 g/mol. The van der Waals surface area contributed by atoms with E-state index < -0.39 is 5.79 Å². The Morgan fingerprint density at radius 3 is 2.40 bits per heavy atom. The van der Waals surface area contributed by atoms with Crippen molar-refractivity contribution in [2.75, 3.05) is 14.1 Å². The lowest BCUT2D eigenvalue weighted by molar-refractivity contribution is 0.158. The van der Waals surface area contributed by atoms with Crippen molar-refractivity contribution in [1.82, 2.24) is 10.2 Å². The first-order valence-corrected chi connectivity index (χ1v) is 2.97. The summed E-state index contributed by atoms with van der Waals surface area (Å²) in [4.78, 5) is 12.3. The number of hydrogen-bond acceptors (Lipinski definition) is 3. The van der Waals surface area contributed by atoms with Crippen molar-refractivity contribution in [3.63, 3.8) is 0 Å². The maximum atomic E-state index is 10.6. The van der Waals surface area contributed by atoms with E-state index in [4.69, 9.17) is 0 Å². The zero-order valence-corrected chi connectivity index (χ0v) is 6.25. The molecule has 1 heterocycles. The van der Waals surface area contributed by atoms with Crippen LogP contribution in [0.2, 0.25) is 0 Å². The van der Waals surface area contributed by atoms with Gasteiger partial charge in [-0.15, -0.1) is 5.11 Å². The first-order chi connectivity index (χ1) is 4.54. The minimum Gasteiger partial charge on any atom is -0.297 e. The highest BCUT2D eigenvalue weighted by molar-refractivity contribution is 5.76. The highest BCUT2D eigenvalue weighted by Gasteiger charge is 2.33. The van der Waals surface area contributed by atoms with Gasteiger partial charge in [-0.2, -0.15) is 0 Å². The molecule has 0 aromatic rings. The van der Waals surface area contributed by atoms with Gasteiger partial charge in [0.25, 0.3) is 0 Å². The minimum atomic E-state index is -0.642. The number of hydrogen-bond donors (Lipinski definition) is 1. The van der Waals surface area contributed by atoms with Gasteiger partial charge in [-0.1, -0.05) is 5.11 Å². The Balaban J connectivity index is 2.74. The lowest BCUT2D eigenvalue weighted by atomic mass is 10.4. The molecule has 1 aliphatic rings. The molecule has 5 heteroatoms. The van der Waals surface area contributed by atoms with Crippen molar-refractivity contribution < 1.29 is 4.79 Å². The number of rotatable bonds is 1. The average molecular weight is 142 g/mol. The van der Waals surface area contributed by atoms with E-state index in [0.717, 1.165) is 0 Å². The van der Waals surface area contributed by atoms with Crippen molar-refractivity contribution in [2.24, 2.45) is 10.2 Å². The number of nitrogens with zero attached hydrogens (tertiary/aromatic N) is 3. The van der Waals surface area contributed by atoms with Gasteiger partial charge in [-0.05, 0) is 21.0 Å². The molecule has 0 aromatic heterocycles. The maximum Gasteiger partial charge on any atom is 0.362 e. The van der Waals surface area contributed by atoms with Crippen LogP contribution in [-0.4, -0.2) is 30.8 Å². The fourth-order valence-corrected chi connectivity index (χ4v) is 0.597. The predicted molar refractivity (Wildman–Crippen MR) is 35.5 cm³/mol. The summed E-state index contributed by atoms with van der Waals surface area (Å²) in [5.41, 5.74) is 0. The first-order valence-electron chi connectivity index (χ1n) is 2.97. The van der Waals surface area contributed by atoms with Crippen molar-refractivity contribution >= 4 is 6.03 Å². The van der Waals surface area contributed by atoms with Crippen LogP contribution in [0.15, 0.2) is 10.2 Å². The lowest BCUT2D eigenvalue weighted by Gasteiger charge is -2.26. The second-order valence-electron chi connectivity index (χ2n) is 2.55. The third-order valence-electron chi connectivity index (χ3n) is 1.55. The van der Waals surface area contributed by atoms with Gasteiger partial charge in [0.05, 0.1) is 0 Å². The largest absolute Gasteiger partial charge is 0.362 e. The molecule has 56 valence electrons. The standard InChI is InChI=1S/C5H10N4O/c1-5(9(2)3)6-4(10)7-8-5/h1-3H3,(H,6,10). The van der Waals surface area contributed by atoms with Gasteiger partial charge in [-0.3, -0.25) is 10.2 Å². The molecule has 0 saturated carbocycles. The number of amides is 2. The second-order valence-corrected chi connectivity index (χ2v) is 2.55. The van der Waals surface area contributed by atoms with E-state index in [9.17, 15) is 4.79 Å². The molecule has 1 unspecified atom stereocenters. The quantitative estimate of drug-likeness (QED) is 0.576. The molecule has 1 rings (SSSR count). The smallest absolute Gasteiger partial charge is 0.297 e. The van der Waals surface area contributed by atoms with E-state index in [0.29, 0.717) is 0 Å². The van der Waals surface area contributed by atoms with Crippen molar-refractivity contribution in [2.45, 2.75) is 12.7 Å². The van der Waals surface area contributed by atoms with Gasteiger partial charge in [-0.25, -0.2) is 4.79 Å². The molecule has 0 saturated heterocycles. The second kappa shape index (κ2) is 2.02. The Hall–Kier alpha value is -0.970. The minimum absolute atomic E-state index is 0.379. The number of nitrogens with one attached hydrogen (secondary N) is 1. The summed E-state index contributed by atoms with van der Waals surface area (Å²) in [7, 11) is 3.65. The fourth-order valence-electron chi connectivity index (χ4n) is 0.597. The van der Waals surface area contributed by atoms with Gasteiger partial charge in [0, 0.05) is 0 Å². The molecule has 1 atom stereocenters. The van der Waals surface area contributed by atoms with Crippen LogP contribution >= 0.6 is 0 Å². The van der Waals surface area contributed by atoms with Crippen molar-refractivity contribution in [3.8, 4) is 0 Å². The van der Waals surface area contributed by atoms with Crippen LogP contribution in [0.1, 0.15) is 6.92 Å². The topological polar surface area (TPSA) is 57.1 Å². The third-order valence-corrected chi connectivity index (χ3v) is 1.55. The van der Waals surface area contributed by atoms with Gasteiger partial charge >= 0.3 is 6.03 Å². The van der Waals surface area contributed by atoms with Crippen LogP contribution < -0.4 is 5.32 Å². The molecular formula is C5H10N4O. The van der Waals surface area contributed by atoms with Gasteiger partial charge in [0.15, 0.2) is 0 Å². The van der Waals surface area contributed by atoms with Crippen LogP contribution in [0.5, 0.6) is 0 Å². The Kier molecular flexibility index (Phi) is 1.44. The number of carbonyl (C=O) groups is 1. The van der Waals surface area contributed by atoms with Crippen LogP contribution in [0.4, 0.5) is 4.79 Å². The molecule has 1 N–H and O–H groups in total. The van der Waals surface area contributed by atoms with Gasteiger partial charge in [0.2, 0.25) is 5.79 Å². The summed E-state index contributed by atoms with van der Waals surface area (Å²) >= 11 is 0. The Morgan fingerprint density at radius 1 is 1.60 bits per heavy atom. The summed E-state index contributed by atoms with van der Waals surface area (Å²) in [6, 6.07) is -0.379. The summed E-state index contributed by atoms with van der Waals surface area (Å²) in [6.07, 6.45) is 0. The van der Waals surface area contributed by atoms with Crippen LogP contribution in [0.3, 0.4) is 0 Å². The Morgan fingerprint density at radius 2 is 2.20 bits per heavy atom. The first kappa shape index (κ1) is 7.14. The molecule has 2 amide bonds. The number of urea groups is 1. The van der Waals surface area contributed by atoms with Crippen LogP contribution in [0.25, 0.3) is 0 Å². The molecule has 0 radical (unpaired) electrons. The van der Waals surface area contributed by atoms with E-state index in [1.54, 1.807) is 11.8 Å². The zero-order chi connectivity index (χ0) is 7.78. The summed E-state index contributed by atoms with van der Waals surface area (Å²) in [5, 5.41) is 9.67. The lowest BCUT2D eigenvalue weighted by Crippen LogP contribution is -2.50. The average Bonchev–Trinajstić information content (AvgIpc) is 2.13. The molecule has 10 heavy (non-hydrogen) atoms. The SMILES string of the molecule is CN(C)C1(C)N=NC(=O)N1. The van der Waals surface area contributed by atoms with E-state index >= 15 is 0 Å². The van der Waals surface area contributed by atoms with Crippen LogP contribution in [-0.2, 0) is 0 Å². The zero-order valence-electron chi connectivity index (χ0n) is 6.25. The van der Waals surface area contributed by atoms with Gasteiger partial charge in [0.1, 0.15) is 0 Å². The van der Waals surface area contributed by atoms with E-state index in [2.05, 4.69) is 15.5 Å². The highest BCUT2D eigenvalue weighted by Crippen LogP contribution is 2.14. The highest BCUT2D eigenvalue weighted by atomic mass is 16.2. The van der Waals surface area contributed by atoms with E-state index in [1.807, 2.05) is 14.1 Å². The van der Waals surface area contributed by atoms with Gasteiger partial charge < -0.3 is 0 Å². The fraction of sp³-hybridized carbons (Fsp3) is 0.800. The molecule has 0 aromatic carbocycles. The van der Waals surface area contributed by atoms with E-state index in [1.165, 1.54) is 0 Å². The molecule has 0 spiro atoms. The normalized spacial score (nSPS) is 31.4.